The van der Waals surface area contributed by atoms with Gasteiger partial charge in [-0.3, -0.25) is 0 Å². The molecule has 1 aliphatic heterocycles. The lowest BCUT2D eigenvalue weighted by molar-refractivity contribution is -0.139. The zero-order valence-corrected chi connectivity index (χ0v) is 16.2. The van der Waals surface area contributed by atoms with Gasteiger partial charge in [0.25, 0.3) is 0 Å². The fourth-order valence-corrected chi connectivity index (χ4v) is 3.55. The molecule has 1 atom stereocenters. The minimum atomic E-state index is -0.347. The van der Waals surface area contributed by atoms with E-state index < -0.39 is 0 Å². The Labute approximate surface area is 158 Å². The van der Waals surface area contributed by atoms with E-state index in [4.69, 9.17) is 4.74 Å². The number of aromatic nitrogens is 3. The zero-order chi connectivity index (χ0) is 18.5. The summed E-state index contributed by atoms with van der Waals surface area (Å²) < 4.78 is 7.23. The van der Waals surface area contributed by atoms with Crippen molar-refractivity contribution in [3.63, 3.8) is 0 Å². The third kappa shape index (κ3) is 3.77. The molecule has 26 heavy (non-hydrogen) atoms. The van der Waals surface area contributed by atoms with Crippen molar-refractivity contribution in [1.82, 2.24) is 14.8 Å². The average Bonchev–Trinajstić information content (AvgIpc) is 3.06. The molecule has 7 heteroatoms. The summed E-state index contributed by atoms with van der Waals surface area (Å²) >= 11 is 1.62. The van der Waals surface area contributed by atoms with Crippen molar-refractivity contribution >= 4 is 23.7 Å². The molecule has 3 rings (SSSR count). The van der Waals surface area contributed by atoms with Crippen LogP contribution < -0.4 is 5.32 Å². The van der Waals surface area contributed by atoms with E-state index in [9.17, 15) is 4.79 Å². The number of fused-ring (bicyclic) bond motifs is 1. The van der Waals surface area contributed by atoms with Crippen molar-refractivity contribution < 1.29 is 9.53 Å². The van der Waals surface area contributed by atoms with E-state index >= 15 is 0 Å². The highest BCUT2D eigenvalue weighted by atomic mass is 32.2. The highest BCUT2D eigenvalue weighted by molar-refractivity contribution is 7.99. The van der Waals surface area contributed by atoms with Gasteiger partial charge in [-0.1, -0.05) is 55.9 Å². The van der Waals surface area contributed by atoms with Crippen LogP contribution >= 0.6 is 11.8 Å². The normalized spacial score (nSPS) is 16.2. The molecule has 1 aromatic carbocycles. The lowest BCUT2D eigenvalue weighted by atomic mass is 9.96. The Morgan fingerprint density at radius 2 is 2.04 bits per heavy atom. The van der Waals surface area contributed by atoms with Gasteiger partial charge in [0.15, 0.2) is 0 Å². The molecule has 1 unspecified atom stereocenters. The fourth-order valence-electron chi connectivity index (χ4n) is 2.87. The standard InChI is InChI=1S/C19H24N4O2S/c1-4-11-25-17(24)15-13(3)20-18-21-19(26-12-5-2)22-23(18)16(15)14-9-7-6-8-10-14/h6-10,16H,4-5,11-12H2,1-3H3,(H,20,21,22). The first kappa shape index (κ1) is 18.5. The van der Waals surface area contributed by atoms with Crippen molar-refractivity contribution in [2.45, 2.75) is 44.8 Å². The number of nitrogens with zero attached hydrogens (tertiary/aromatic N) is 3. The molecule has 138 valence electrons. The monoisotopic (exact) mass is 372 g/mol. The molecule has 0 spiro atoms. The van der Waals surface area contributed by atoms with Crippen LogP contribution in [-0.2, 0) is 9.53 Å². The molecule has 0 aliphatic carbocycles. The fraction of sp³-hybridized carbons (Fsp3) is 0.421. The van der Waals surface area contributed by atoms with Crippen LogP contribution in [0.25, 0.3) is 0 Å². The molecule has 6 nitrogen and oxygen atoms in total. The van der Waals surface area contributed by atoms with Gasteiger partial charge in [-0.2, -0.15) is 4.98 Å². The van der Waals surface area contributed by atoms with Crippen LogP contribution in [0.2, 0.25) is 0 Å². The predicted octanol–water partition coefficient (Wildman–Crippen LogP) is 4.02. The summed E-state index contributed by atoms with van der Waals surface area (Å²) in [5.41, 5.74) is 2.32. The van der Waals surface area contributed by atoms with E-state index in [1.807, 2.05) is 44.2 Å². The highest BCUT2D eigenvalue weighted by Gasteiger charge is 2.35. The van der Waals surface area contributed by atoms with Crippen LogP contribution in [-0.4, -0.2) is 33.1 Å². The van der Waals surface area contributed by atoms with E-state index in [2.05, 4.69) is 22.3 Å². The lowest BCUT2D eigenvalue weighted by Crippen LogP contribution is -2.29. The Balaban J connectivity index is 2.03. The first-order chi connectivity index (χ1) is 12.7. The van der Waals surface area contributed by atoms with Crippen LogP contribution in [0.15, 0.2) is 46.8 Å². The first-order valence-electron chi connectivity index (χ1n) is 8.94. The maximum Gasteiger partial charge on any atom is 0.338 e. The van der Waals surface area contributed by atoms with Gasteiger partial charge < -0.3 is 10.1 Å². The molecule has 2 heterocycles. The molecule has 0 amide bonds. The second-order valence-electron chi connectivity index (χ2n) is 6.12. The van der Waals surface area contributed by atoms with Gasteiger partial charge in [-0.05, 0) is 25.3 Å². The van der Waals surface area contributed by atoms with E-state index in [1.54, 1.807) is 16.4 Å². The third-order valence-electron chi connectivity index (χ3n) is 4.04. The van der Waals surface area contributed by atoms with Gasteiger partial charge in [0, 0.05) is 11.4 Å². The van der Waals surface area contributed by atoms with Crippen molar-refractivity contribution in [2.75, 3.05) is 17.7 Å². The molecule has 1 aliphatic rings. The van der Waals surface area contributed by atoms with E-state index in [-0.39, 0.29) is 12.0 Å². The van der Waals surface area contributed by atoms with Crippen molar-refractivity contribution in [3.05, 3.63) is 47.2 Å². The van der Waals surface area contributed by atoms with E-state index in [0.717, 1.165) is 29.9 Å². The summed E-state index contributed by atoms with van der Waals surface area (Å²) in [6.45, 7) is 6.39. The van der Waals surface area contributed by atoms with Crippen LogP contribution in [0.4, 0.5) is 5.95 Å². The smallest absolute Gasteiger partial charge is 0.338 e. The van der Waals surface area contributed by atoms with Crippen molar-refractivity contribution in [1.29, 1.82) is 0 Å². The second kappa shape index (κ2) is 8.40. The molecule has 0 radical (unpaired) electrons. The van der Waals surface area contributed by atoms with Crippen molar-refractivity contribution in [2.24, 2.45) is 0 Å². The number of benzene rings is 1. The topological polar surface area (TPSA) is 69.0 Å². The molecular formula is C19H24N4O2S. The number of thioether (sulfide) groups is 1. The highest BCUT2D eigenvalue weighted by Crippen LogP contribution is 2.36. The summed E-state index contributed by atoms with van der Waals surface area (Å²) in [5, 5.41) is 8.59. The summed E-state index contributed by atoms with van der Waals surface area (Å²) in [4.78, 5) is 17.3. The Hall–Kier alpha value is -2.28. The Morgan fingerprint density at radius 3 is 2.73 bits per heavy atom. The Morgan fingerprint density at radius 1 is 1.27 bits per heavy atom. The lowest BCUT2D eigenvalue weighted by Gasteiger charge is -2.28. The van der Waals surface area contributed by atoms with E-state index in [1.165, 1.54) is 0 Å². The molecule has 0 saturated heterocycles. The molecule has 0 bridgehead atoms. The second-order valence-corrected chi connectivity index (χ2v) is 7.19. The molecular weight excluding hydrogens is 348 g/mol. The average molecular weight is 372 g/mol. The van der Waals surface area contributed by atoms with Gasteiger partial charge in [-0.15, -0.1) is 5.10 Å². The number of carbonyl (C=O) groups is 1. The number of anilines is 1. The number of nitrogens with one attached hydrogen (secondary N) is 1. The maximum absolute atomic E-state index is 12.8. The van der Waals surface area contributed by atoms with Gasteiger partial charge in [0.1, 0.15) is 6.04 Å². The van der Waals surface area contributed by atoms with Gasteiger partial charge >= 0.3 is 5.97 Å². The Bertz CT molecular complexity index is 801. The third-order valence-corrected chi connectivity index (χ3v) is 5.08. The predicted molar refractivity (Wildman–Crippen MR) is 103 cm³/mol. The first-order valence-corrected chi connectivity index (χ1v) is 9.93. The molecule has 0 saturated carbocycles. The molecule has 1 N–H and O–H groups in total. The number of hydrogen-bond acceptors (Lipinski definition) is 6. The number of hydrogen-bond donors (Lipinski definition) is 1. The summed E-state index contributed by atoms with van der Waals surface area (Å²) in [5.74, 6) is 1.30. The number of carbonyl (C=O) groups excluding carboxylic acids is 1. The molecule has 1 aromatic heterocycles. The largest absolute Gasteiger partial charge is 0.462 e. The number of esters is 1. The summed E-state index contributed by atoms with van der Waals surface area (Å²) in [7, 11) is 0. The van der Waals surface area contributed by atoms with Crippen LogP contribution in [0.3, 0.4) is 0 Å². The van der Waals surface area contributed by atoms with Crippen LogP contribution in [0.5, 0.6) is 0 Å². The van der Waals surface area contributed by atoms with Gasteiger partial charge in [0.05, 0.1) is 12.2 Å². The Kier molecular flexibility index (Phi) is 5.98. The maximum atomic E-state index is 12.8. The number of allylic oxidation sites excluding steroid dienone is 1. The minimum Gasteiger partial charge on any atom is -0.462 e. The van der Waals surface area contributed by atoms with Crippen LogP contribution in [0.1, 0.15) is 45.2 Å². The van der Waals surface area contributed by atoms with Crippen LogP contribution in [0, 0.1) is 0 Å². The van der Waals surface area contributed by atoms with E-state index in [0.29, 0.717) is 23.3 Å². The van der Waals surface area contributed by atoms with Gasteiger partial charge in [-0.25, -0.2) is 9.48 Å². The van der Waals surface area contributed by atoms with Gasteiger partial charge in [0.2, 0.25) is 11.1 Å². The zero-order valence-electron chi connectivity index (χ0n) is 15.4. The number of ether oxygens (including phenoxy) is 1. The van der Waals surface area contributed by atoms with Crippen molar-refractivity contribution in [3.8, 4) is 0 Å². The SMILES string of the molecule is CCCOC(=O)C1=C(C)Nc2nc(SCCC)nn2C1c1ccccc1. The molecule has 2 aromatic rings. The quantitative estimate of drug-likeness (QED) is 0.585. The summed E-state index contributed by atoms with van der Waals surface area (Å²) in [6.07, 6.45) is 1.84. The number of rotatable bonds is 7. The minimum absolute atomic E-state index is 0.311. The summed E-state index contributed by atoms with van der Waals surface area (Å²) in [6, 6.07) is 9.54. The molecule has 0 fully saturated rings.